The van der Waals surface area contributed by atoms with Crippen molar-refractivity contribution in [3.8, 4) is 11.1 Å². The number of aromatic nitrogens is 2. The molecule has 4 rings (SSSR count). The molecule has 140 valence electrons. The summed E-state index contributed by atoms with van der Waals surface area (Å²) in [5.74, 6) is -0.375. The van der Waals surface area contributed by atoms with Gasteiger partial charge >= 0.3 is 0 Å². The largest absolute Gasteiger partial charge is 0.320 e. The highest BCUT2D eigenvalue weighted by molar-refractivity contribution is 6.07. The Morgan fingerprint density at radius 2 is 1.79 bits per heavy atom. The molecule has 1 saturated carbocycles. The average molecular weight is 375 g/mol. The highest BCUT2D eigenvalue weighted by atomic mass is 18.2. The van der Waals surface area contributed by atoms with Gasteiger partial charge < -0.3 is 10.6 Å². The number of amides is 2. The zero-order valence-electron chi connectivity index (χ0n) is 14.9. The topological polar surface area (TPSA) is 84.0 Å². The number of carbonyl (C=O) groups excluding carboxylic acids is 2. The van der Waals surface area contributed by atoms with E-state index in [4.69, 9.17) is 0 Å². The van der Waals surface area contributed by atoms with Crippen molar-refractivity contribution in [2.45, 2.75) is 12.8 Å². The van der Waals surface area contributed by atoms with E-state index in [1.54, 1.807) is 30.5 Å². The van der Waals surface area contributed by atoms with E-state index in [-0.39, 0.29) is 23.5 Å². The molecule has 0 unspecified atom stereocenters. The van der Waals surface area contributed by atoms with Crippen LogP contribution in [0, 0.1) is 11.7 Å². The fourth-order valence-corrected chi connectivity index (χ4v) is 2.78. The molecular formula is C21H17FN4O2. The molecular weight excluding hydrogens is 358 g/mol. The molecule has 3 aromatic rings. The van der Waals surface area contributed by atoms with Crippen LogP contribution in [0.15, 0.2) is 61.1 Å². The second kappa shape index (κ2) is 7.56. The van der Waals surface area contributed by atoms with Gasteiger partial charge in [0.1, 0.15) is 11.6 Å². The van der Waals surface area contributed by atoms with Gasteiger partial charge in [0.25, 0.3) is 5.91 Å². The van der Waals surface area contributed by atoms with Crippen LogP contribution in [0.25, 0.3) is 11.1 Å². The molecule has 0 spiro atoms. The van der Waals surface area contributed by atoms with E-state index in [1.807, 2.05) is 0 Å². The number of rotatable bonds is 5. The summed E-state index contributed by atoms with van der Waals surface area (Å²) in [5, 5.41) is 5.55. The maximum atomic E-state index is 13.2. The minimum Gasteiger partial charge on any atom is -0.320 e. The first kappa shape index (κ1) is 17.8. The van der Waals surface area contributed by atoms with Crippen LogP contribution < -0.4 is 10.6 Å². The minimum absolute atomic E-state index is 0.0490. The fraction of sp³-hybridized carbons (Fsp3) is 0.143. The van der Waals surface area contributed by atoms with E-state index in [9.17, 15) is 14.0 Å². The Morgan fingerprint density at radius 3 is 2.54 bits per heavy atom. The first-order chi connectivity index (χ1) is 13.6. The van der Waals surface area contributed by atoms with Gasteiger partial charge in [0.05, 0.1) is 11.9 Å². The highest BCUT2D eigenvalue weighted by Crippen LogP contribution is 2.30. The molecule has 2 aromatic heterocycles. The molecule has 2 heterocycles. The van der Waals surface area contributed by atoms with E-state index in [0.717, 1.165) is 24.0 Å². The predicted molar refractivity (Wildman–Crippen MR) is 103 cm³/mol. The molecule has 28 heavy (non-hydrogen) atoms. The number of hydrogen-bond donors (Lipinski definition) is 2. The van der Waals surface area contributed by atoms with Gasteiger partial charge in [0, 0.05) is 29.4 Å². The molecule has 2 amide bonds. The third-order valence-corrected chi connectivity index (χ3v) is 4.45. The van der Waals surface area contributed by atoms with Crippen molar-refractivity contribution in [1.82, 2.24) is 9.97 Å². The lowest BCUT2D eigenvalue weighted by molar-refractivity contribution is -0.117. The van der Waals surface area contributed by atoms with E-state index < -0.39 is 0 Å². The standard InChI is InChI=1S/C21H17FN4O2/c22-16-5-3-13(4-6-16)17-8-9-23-12-18(17)25-21(28)15-7-10-24-19(11-15)26-20(27)14-1-2-14/h3-12,14H,1-2H2,(H,25,28)(H,24,26,27)/i22-1. The summed E-state index contributed by atoms with van der Waals surface area (Å²) in [6.45, 7) is 0. The summed E-state index contributed by atoms with van der Waals surface area (Å²) in [5.41, 5.74) is 2.33. The molecule has 0 atom stereocenters. The molecule has 1 fully saturated rings. The summed E-state index contributed by atoms with van der Waals surface area (Å²) < 4.78 is 13.2. The van der Waals surface area contributed by atoms with Gasteiger partial charge in [-0.25, -0.2) is 9.37 Å². The van der Waals surface area contributed by atoms with E-state index in [0.29, 0.717) is 17.1 Å². The Hall–Kier alpha value is -3.61. The van der Waals surface area contributed by atoms with Gasteiger partial charge in [-0.1, -0.05) is 12.1 Å². The van der Waals surface area contributed by atoms with Crippen LogP contribution in [0.4, 0.5) is 15.9 Å². The summed E-state index contributed by atoms with van der Waals surface area (Å²) >= 11 is 0. The van der Waals surface area contributed by atoms with Crippen LogP contribution in [-0.4, -0.2) is 21.8 Å². The highest BCUT2D eigenvalue weighted by Gasteiger charge is 2.29. The van der Waals surface area contributed by atoms with Crippen LogP contribution >= 0.6 is 0 Å². The normalized spacial score (nSPS) is 13.0. The second-order valence-electron chi connectivity index (χ2n) is 6.58. The quantitative estimate of drug-likeness (QED) is 0.709. The monoisotopic (exact) mass is 375 g/mol. The van der Waals surface area contributed by atoms with Crippen LogP contribution in [0.1, 0.15) is 23.2 Å². The zero-order chi connectivity index (χ0) is 19.5. The molecule has 2 N–H and O–H groups in total. The van der Waals surface area contributed by atoms with Crippen LogP contribution in [0.3, 0.4) is 0 Å². The average Bonchev–Trinajstić information content (AvgIpc) is 3.55. The maximum absolute atomic E-state index is 13.2. The summed E-state index contributed by atoms with van der Waals surface area (Å²) in [6.07, 6.45) is 6.39. The van der Waals surface area contributed by atoms with Gasteiger partial charge in [-0.3, -0.25) is 14.6 Å². The molecule has 1 aromatic carbocycles. The molecule has 7 heteroatoms. The smallest absolute Gasteiger partial charge is 0.255 e. The number of carbonyl (C=O) groups is 2. The van der Waals surface area contributed by atoms with Crippen molar-refractivity contribution < 1.29 is 14.0 Å². The third-order valence-electron chi connectivity index (χ3n) is 4.45. The van der Waals surface area contributed by atoms with E-state index in [1.165, 1.54) is 30.6 Å². The second-order valence-corrected chi connectivity index (χ2v) is 6.58. The fourth-order valence-electron chi connectivity index (χ4n) is 2.78. The molecule has 0 saturated heterocycles. The van der Waals surface area contributed by atoms with E-state index in [2.05, 4.69) is 20.6 Å². The number of nitrogens with one attached hydrogen (secondary N) is 2. The Balaban J connectivity index is 1.54. The number of halogens is 1. The number of pyridine rings is 2. The number of hydrogen-bond acceptors (Lipinski definition) is 4. The predicted octanol–water partition coefficient (Wildman–Crippen LogP) is 3.88. The lowest BCUT2D eigenvalue weighted by Crippen LogP contribution is -2.16. The van der Waals surface area contributed by atoms with Gasteiger partial charge in [0.15, 0.2) is 0 Å². The third kappa shape index (κ3) is 4.03. The van der Waals surface area contributed by atoms with Crippen molar-refractivity contribution in [1.29, 1.82) is 0 Å². The van der Waals surface area contributed by atoms with Crippen molar-refractivity contribution in [2.75, 3.05) is 10.6 Å². The summed E-state index contributed by atoms with van der Waals surface area (Å²) in [4.78, 5) is 32.7. The number of anilines is 2. The molecule has 0 bridgehead atoms. The lowest BCUT2D eigenvalue weighted by atomic mass is 10.1. The molecule has 6 nitrogen and oxygen atoms in total. The summed E-state index contributed by atoms with van der Waals surface area (Å²) in [6, 6.07) is 10.8. The SMILES string of the molecule is O=C(Nc1cnccc1-c1ccc([18F])cc1)c1ccnc(NC(=O)C2CC2)c1. The van der Waals surface area contributed by atoms with Crippen LogP contribution in [0.2, 0.25) is 0 Å². The lowest BCUT2D eigenvalue weighted by Gasteiger charge is -2.11. The molecule has 0 radical (unpaired) electrons. The Bertz CT molecular complexity index is 1030. The molecule has 1 aliphatic rings. The van der Waals surface area contributed by atoms with Gasteiger partial charge in [-0.2, -0.15) is 0 Å². The van der Waals surface area contributed by atoms with Crippen LogP contribution in [-0.2, 0) is 4.79 Å². The first-order valence-electron chi connectivity index (χ1n) is 8.88. The van der Waals surface area contributed by atoms with Crippen molar-refractivity contribution in [3.05, 3.63) is 72.4 Å². The Morgan fingerprint density at radius 1 is 1.00 bits per heavy atom. The maximum Gasteiger partial charge on any atom is 0.255 e. The van der Waals surface area contributed by atoms with Gasteiger partial charge in [-0.05, 0) is 48.7 Å². The van der Waals surface area contributed by atoms with Gasteiger partial charge in [0.2, 0.25) is 5.91 Å². The van der Waals surface area contributed by atoms with Crippen molar-refractivity contribution in [2.24, 2.45) is 5.92 Å². The Kier molecular flexibility index (Phi) is 4.80. The van der Waals surface area contributed by atoms with Crippen LogP contribution in [0.5, 0.6) is 0 Å². The van der Waals surface area contributed by atoms with E-state index >= 15 is 0 Å². The zero-order valence-corrected chi connectivity index (χ0v) is 14.9. The first-order valence-corrected chi connectivity index (χ1v) is 8.88. The molecule has 0 aliphatic heterocycles. The van der Waals surface area contributed by atoms with Crippen molar-refractivity contribution in [3.63, 3.8) is 0 Å². The van der Waals surface area contributed by atoms with Crippen molar-refractivity contribution >= 4 is 23.3 Å². The Labute approximate surface area is 160 Å². The number of benzene rings is 1. The molecule has 1 aliphatic carbocycles. The number of nitrogens with zero attached hydrogens (tertiary/aromatic N) is 2. The van der Waals surface area contributed by atoms with Gasteiger partial charge in [-0.15, -0.1) is 0 Å². The minimum atomic E-state index is -0.360. The summed E-state index contributed by atoms with van der Waals surface area (Å²) in [7, 11) is 0.